The van der Waals surface area contributed by atoms with Gasteiger partial charge < -0.3 is 14.9 Å². The molecule has 2 aromatic heterocycles. The van der Waals surface area contributed by atoms with E-state index in [9.17, 15) is 9.90 Å². The summed E-state index contributed by atoms with van der Waals surface area (Å²) in [5, 5.41) is 18.8. The van der Waals surface area contributed by atoms with Crippen molar-refractivity contribution in [2.75, 3.05) is 37.7 Å². The normalized spacial score (nSPS) is 20.9. The Bertz CT molecular complexity index is 1160. The van der Waals surface area contributed by atoms with Crippen LogP contribution in [0.25, 0.3) is 10.9 Å². The van der Waals surface area contributed by atoms with E-state index in [2.05, 4.69) is 46.8 Å². The van der Waals surface area contributed by atoms with Crippen LogP contribution in [0.5, 0.6) is 0 Å². The molecule has 1 aliphatic carbocycles. The third kappa shape index (κ3) is 3.46. The Hall–Kier alpha value is -3.19. The molecule has 0 spiro atoms. The van der Waals surface area contributed by atoms with E-state index in [1.165, 1.54) is 28.5 Å². The molecule has 3 heterocycles. The summed E-state index contributed by atoms with van der Waals surface area (Å²) < 4.78 is 0. The fourth-order valence-electron chi connectivity index (χ4n) is 5.47. The molecule has 0 saturated carbocycles. The van der Waals surface area contributed by atoms with Gasteiger partial charge in [0.25, 0.3) is 0 Å². The van der Waals surface area contributed by atoms with E-state index < -0.39 is 0 Å². The van der Waals surface area contributed by atoms with E-state index in [0.29, 0.717) is 13.1 Å². The zero-order valence-corrected chi connectivity index (χ0v) is 18.4. The molecule has 1 fully saturated rings. The predicted octanol–water partition coefficient (Wildman–Crippen LogP) is 2.59. The molecule has 0 unspecified atom stereocenters. The largest absolute Gasteiger partial charge is 0.396 e. The molecule has 3 aromatic rings. The third-order valence-corrected chi connectivity index (χ3v) is 7.16. The number of carbonyl (C=O) groups is 1. The number of pyridine rings is 1. The Morgan fingerprint density at radius 1 is 1.25 bits per heavy atom. The highest BCUT2D eigenvalue weighted by atomic mass is 16.3. The number of nitrogens with zero attached hydrogens (tertiary/aromatic N) is 4. The molecule has 0 bridgehead atoms. The van der Waals surface area contributed by atoms with E-state index in [0.717, 1.165) is 42.5 Å². The lowest BCUT2D eigenvalue weighted by Crippen LogP contribution is -2.48. The van der Waals surface area contributed by atoms with E-state index in [4.69, 9.17) is 4.98 Å². The molecular weight excluding hydrogens is 402 g/mol. The molecular formula is C25H29N5O2. The van der Waals surface area contributed by atoms with Gasteiger partial charge in [-0.1, -0.05) is 12.6 Å². The number of fused-ring (bicyclic) bond motifs is 2. The Kier molecular flexibility index (Phi) is 5.43. The number of aromatic amines is 1. The summed E-state index contributed by atoms with van der Waals surface area (Å²) in [6.45, 7) is 8.83. The minimum Gasteiger partial charge on any atom is -0.396 e. The van der Waals surface area contributed by atoms with Crippen molar-refractivity contribution in [3.63, 3.8) is 0 Å². The van der Waals surface area contributed by atoms with Crippen LogP contribution >= 0.6 is 0 Å². The highest BCUT2D eigenvalue weighted by Gasteiger charge is 2.34. The van der Waals surface area contributed by atoms with E-state index in [1.54, 1.807) is 0 Å². The first-order valence-electron chi connectivity index (χ1n) is 11.3. The van der Waals surface area contributed by atoms with E-state index >= 15 is 0 Å². The number of hydrogen-bond acceptors (Lipinski definition) is 5. The maximum absolute atomic E-state index is 11.9. The molecule has 1 amide bonds. The van der Waals surface area contributed by atoms with Gasteiger partial charge in [-0.2, -0.15) is 5.10 Å². The van der Waals surface area contributed by atoms with Crippen LogP contribution in [0.1, 0.15) is 28.3 Å². The quantitative estimate of drug-likeness (QED) is 0.621. The number of anilines is 1. The molecule has 7 nitrogen and oxygen atoms in total. The van der Waals surface area contributed by atoms with Gasteiger partial charge in [0.05, 0.1) is 11.7 Å². The Morgan fingerprint density at radius 3 is 2.81 bits per heavy atom. The smallest absolute Gasteiger partial charge is 0.246 e. The first-order chi connectivity index (χ1) is 15.6. The van der Waals surface area contributed by atoms with Gasteiger partial charge in [-0.15, -0.1) is 0 Å². The van der Waals surface area contributed by atoms with Crippen molar-refractivity contribution in [2.45, 2.75) is 25.7 Å². The number of benzene rings is 1. The third-order valence-electron chi connectivity index (χ3n) is 7.16. The number of aromatic nitrogens is 3. The number of nitrogens with one attached hydrogen (secondary N) is 1. The van der Waals surface area contributed by atoms with Crippen LogP contribution in [0.2, 0.25) is 0 Å². The highest BCUT2D eigenvalue weighted by molar-refractivity contribution is 5.87. The molecule has 1 aromatic carbocycles. The second kappa shape index (κ2) is 8.39. The van der Waals surface area contributed by atoms with E-state index in [-0.39, 0.29) is 24.3 Å². The first-order valence-corrected chi connectivity index (χ1v) is 11.3. The van der Waals surface area contributed by atoms with Crippen molar-refractivity contribution in [1.82, 2.24) is 20.1 Å². The van der Waals surface area contributed by atoms with Gasteiger partial charge in [-0.25, -0.2) is 0 Å². The molecule has 7 heteroatoms. The lowest BCUT2D eigenvalue weighted by Gasteiger charge is -2.39. The number of piperazine rings is 1. The molecule has 2 N–H and O–H groups in total. The summed E-state index contributed by atoms with van der Waals surface area (Å²) in [6.07, 6.45) is 6.78. The van der Waals surface area contributed by atoms with Gasteiger partial charge in [-0.3, -0.25) is 14.9 Å². The Morgan fingerprint density at radius 2 is 2.06 bits per heavy atom. The van der Waals surface area contributed by atoms with Gasteiger partial charge in [-0.05, 0) is 66.5 Å². The Labute approximate surface area is 187 Å². The molecule has 1 saturated heterocycles. The van der Waals surface area contributed by atoms with Gasteiger partial charge in [0.2, 0.25) is 5.91 Å². The maximum Gasteiger partial charge on any atom is 0.246 e. The molecule has 1 aliphatic heterocycles. The van der Waals surface area contributed by atoms with Gasteiger partial charge >= 0.3 is 0 Å². The molecule has 32 heavy (non-hydrogen) atoms. The second-order valence-corrected chi connectivity index (χ2v) is 8.86. The molecule has 166 valence electrons. The Balaban J connectivity index is 1.47. The minimum absolute atomic E-state index is 0.00612. The summed E-state index contributed by atoms with van der Waals surface area (Å²) in [4.78, 5) is 20.9. The van der Waals surface area contributed by atoms with Gasteiger partial charge in [0.1, 0.15) is 0 Å². The van der Waals surface area contributed by atoms with Crippen molar-refractivity contribution in [2.24, 2.45) is 5.92 Å². The molecule has 2 atom stereocenters. The molecule has 0 radical (unpaired) electrons. The fourth-order valence-corrected chi connectivity index (χ4v) is 5.47. The van der Waals surface area contributed by atoms with Crippen LogP contribution in [0.15, 0.2) is 43.2 Å². The van der Waals surface area contributed by atoms with Crippen LogP contribution in [-0.4, -0.2) is 63.9 Å². The van der Waals surface area contributed by atoms with Crippen LogP contribution in [-0.2, 0) is 17.6 Å². The number of aryl methyl sites for hydroxylation is 1. The average Bonchev–Trinajstić information content (AvgIpc) is 3.31. The minimum atomic E-state index is -0.00612. The molecule has 5 rings (SSSR count). The summed E-state index contributed by atoms with van der Waals surface area (Å²) >= 11 is 0. The van der Waals surface area contributed by atoms with Crippen molar-refractivity contribution < 1.29 is 9.90 Å². The fraction of sp³-hybridized carbons (Fsp3) is 0.400. The average molecular weight is 432 g/mol. The summed E-state index contributed by atoms with van der Waals surface area (Å²) in [5.74, 6) is 0.306. The number of aliphatic hydroxyl groups excluding tert-OH is 1. The summed E-state index contributed by atoms with van der Waals surface area (Å²) in [6, 6.07) is 6.29. The van der Waals surface area contributed by atoms with Crippen molar-refractivity contribution in [3.8, 4) is 0 Å². The first kappa shape index (κ1) is 20.7. The maximum atomic E-state index is 11.9. The van der Waals surface area contributed by atoms with Gasteiger partial charge in [0, 0.05) is 55.8 Å². The number of aliphatic hydroxyl groups is 1. The van der Waals surface area contributed by atoms with Crippen LogP contribution in [0.4, 0.5) is 5.69 Å². The van der Waals surface area contributed by atoms with Crippen molar-refractivity contribution >= 4 is 22.5 Å². The van der Waals surface area contributed by atoms with Gasteiger partial charge in [0.15, 0.2) is 0 Å². The SMILES string of the molecule is C=CC(=O)N1CCN(c2ccnc3c2C[C@@H](CO)[C@H](c2c(C)ccc4[nH]ncc24)C3)CC1. The summed E-state index contributed by atoms with van der Waals surface area (Å²) in [7, 11) is 0. The zero-order chi connectivity index (χ0) is 22.2. The van der Waals surface area contributed by atoms with Crippen molar-refractivity contribution in [3.05, 3.63) is 65.6 Å². The topological polar surface area (TPSA) is 85.4 Å². The molecule has 2 aliphatic rings. The van der Waals surface area contributed by atoms with Crippen LogP contribution < -0.4 is 4.90 Å². The number of carbonyl (C=O) groups excluding carboxylic acids is 1. The standard InChI is InChI=1S/C25H29N5O2/c1-3-24(32)30-10-8-29(9-11-30)23-6-7-26-22-13-18(17(15-31)12-19(22)23)25-16(2)4-5-21-20(25)14-27-28-21/h3-7,14,17-18,31H,1,8-13,15H2,2H3,(H,27,28)/t17-,18+/m0/s1. The number of H-pyrrole nitrogens is 1. The number of amides is 1. The highest BCUT2D eigenvalue weighted by Crippen LogP contribution is 2.42. The lowest BCUT2D eigenvalue weighted by molar-refractivity contribution is -0.126. The second-order valence-electron chi connectivity index (χ2n) is 8.86. The number of hydrogen-bond donors (Lipinski definition) is 2. The monoisotopic (exact) mass is 431 g/mol. The summed E-state index contributed by atoms with van der Waals surface area (Å²) in [5.41, 5.74) is 7.07. The van der Waals surface area contributed by atoms with Crippen LogP contribution in [0.3, 0.4) is 0 Å². The number of rotatable bonds is 4. The lowest BCUT2D eigenvalue weighted by atomic mass is 9.72. The predicted molar refractivity (Wildman–Crippen MR) is 125 cm³/mol. The zero-order valence-electron chi connectivity index (χ0n) is 18.4. The van der Waals surface area contributed by atoms with Crippen molar-refractivity contribution in [1.29, 1.82) is 0 Å². The van der Waals surface area contributed by atoms with Crippen LogP contribution in [0, 0.1) is 12.8 Å². The van der Waals surface area contributed by atoms with E-state index in [1.807, 2.05) is 17.3 Å².